The van der Waals surface area contributed by atoms with Gasteiger partial charge in [0.15, 0.2) is 23.0 Å². The fourth-order valence-corrected chi connectivity index (χ4v) is 5.66. The van der Waals surface area contributed by atoms with Crippen LogP contribution in [0.3, 0.4) is 0 Å². The van der Waals surface area contributed by atoms with Crippen molar-refractivity contribution in [3.05, 3.63) is 17.8 Å². The molecule has 2 aromatic rings. The molecule has 184 valence electrons. The van der Waals surface area contributed by atoms with E-state index in [1.165, 1.54) is 0 Å². The van der Waals surface area contributed by atoms with E-state index >= 15 is 4.39 Å². The van der Waals surface area contributed by atoms with E-state index in [0.29, 0.717) is 0 Å². The van der Waals surface area contributed by atoms with E-state index in [1.54, 1.807) is 0 Å². The van der Waals surface area contributed by atoms with Gasteiger partial charge in [-0.25, -0.2) is 23.1 Å². The lowest BCUT2D eigenvalue weighted by Crippen LogP contribution is -2.30. The number of rotatable bonds is 8. The summed E-state index contributed by atoms with van der Waals surface area (Å²) in [6, 6.07) is 0. The number of anilines is 2. The summed E-state index contributed by atoms with van der Waals surface area (Å²) in [4.78, 5) is 47.1. The minimum Gasteiger partial charge on any atom is -0.506 e. The van der Waals surface area contributed by atoms with Gasteiger partial charge in [0.1, 0.15) is 18.5 Å². The lowest BCUT2D eigenvalue weighted by atomic mass is 10.1. The minimum atomic E-state index is -5.77. The minimum absolute atomic E-state index is 0.0322. The first-order valence-corrected chi connectivity index (χ1v) is 12.8. The van der Waals surface area contributed by atoms with Crippen molar-refractivity contribution in [1.82, 2.24) is 19.5 Å². The number of nitrogens with zero attached hydrogens (tertiary/aromatic N) is 4. The second-order valence-corrected chi connectivity index (χ2v) is 10.9. The average Bonchev–Trinajstić information content (AvgIpc) is 3.10. The molecule has 0 radical (unpaired) electrons. The molecule has 1 aliphatic rings. The van der Waals surface area contributed by atoms with Crippen LogP contribution in [0.5, 0.6) is 0 Å². The van der Waals surface area contributed by atoms with E-state index in [0.717, 1.165) is 17.8 Å². The number of hydrogen-bond donors (Lipinski definition) is 7. The molecule has 9 N–H and O–H groups in total. The molecule has 4 atom stereocenters. The van der Waals surface area contributed by atoms with E-state index in [9.17, 15) is 23.7 Å². The maximum Gasteiger partial charge on any atom is 0.490 e. The van der Waals surface area contributed by atoms with Gasteiger partial charge < -0.3 is 40.9 Å². The molecule has 2 aromatic heterocycles. The van der Waals surface area contributed by atoms with Crippen LogP contribution < -0.4 is 11.5 Å². The summed E-state index contributed by atoms with van der Waals surface area (Å²) in [7, 11) is -16.9. The number of halogens is 1. The van der Waals surface area contributed by atoms with Crippen LogP contribution in [0.4, 0.5) is 16.2 Å². The topological polar surface area (TPSA) is 285 Å². The van der Waals surface area contributed by atoms with Crippen LogP contribution in [-0.4, -0.2) is 56.5 Å². The van der Waals surface area contributed by atoms with Crippen molar-refractivity contribution in [1.29, 1.82) is 0 Å². The van der Waals surface area contributed by atoms with Gasteiger partial charge in [0.05, 0.1) is 0 Å². The van der Waals surface area contributed by atoms with Gasteiger partial charge in [0, 0.05) is 0 Å². The first-order chi connectivity index (χ1) is 14.9. The predicted octanol–water partition coefficient (Wildman–Crippen LogP) is 0.361. The van der Waals surface area contributed by atoms with E-state index in [1.807, 2.05) is 0 Å². The molecule has 18 nitrogen and oxygen atoms in total. The zero-order valence-electron chi connectivity index (χ0n) is 16.1. The first-order valence-electron chi connectivity index (χ1n) is 8.24. The summed E-state index contributed by atoms with van der Waals surface area (Å²) in [6.07, 6.45) is -0.647. The Balaban J connectivity index is 1.80. The number of fused-ring (bicyclic) bond motifs is 1. The third kappa shape index (κ3) is 5.50. The Morgan fingerprint density at radius 2 is 1.82 bits per heavy atom. The van der Waals surface area contributed by atoms with E-state index in [2.05, 4.69) is 28.1 Å². The number of aromatic nitrogens is 4. The molecule has 0 aliphatic carbocycles. The lowest BCUT2D eigenvalue weighted by molar-refractivity contribution is -0.0255. The second-order valence-electron chi connectivity index (χ2n) is 6.47. The van der Waals surface area contributed by atoms with Gasteiger partial charge in [-0.2, -0.15) is 18.6 Å². The summed E-state index contributed by atoms with van der Waals surface area (Å²) in [5.74, 6) is -2.24. The monoisotopic (exact) mass is 536 g/mol. The van der Waals surface area contributed by atoms with E-state index in [4.69, 9.17) is 30.9 Å². The second kappa shape index (κ2) is 8.25. The highest BCUT2D eigenvalue weighted by Gasteiger charge is 2.51. The summed E-state index contributed by atoms with van der Waals surface area (Å²) in [5, 5.41) is 10.2. The molecular weight excluding hydrogens is 520 g/mol. The quantitative estimate of drug-likeness (QED) is 0.224. The first kappa shape index (κ1) is 25.5. The molecule has 22 heteroatoms. The predicted molar refractivity (Wildman–Crippen MR) is 103 cm³/mol. The zero-order chi connectivity index (χ0) is 25.0. The number of hydrogen-bond acceptors (Lipinski definition) is 13. The van der Waals surface area contributed by atoms with Crippen LogP contribution in [0, 0.1) is 0 Å². The zero-order valence-corrected chi connectivity index (χ0v) is 18.8. The molecule has 3 heterocycles. The van der Waals surface area contributed by atoms with E-state index < -0.39 is 53.5 Å². The number of nitrogens with two attached hydrogens (primary N) is 2. The average molecular weight is 536 g/mol. The van der Waals surface area contributed by atoms with Crippen molar-refractivity contribution in [2.75, 3.05) is 18.1 Å². The summed E-state index contributed by atoms with van der Waals surface area (Å²) in [6.45, 7) is -0.317. The van der Waals surface area contributed by atoms with Crippen molar-refractivity contribution >= 4 is 46.4 Å². The Kier molecular flexibility index (Phi) is 6.36. The van der Waals surface area contributed by atoms with Crippen LogP contribution >= 0.6 is 23.5 Å². The SMILES string of the molecule is CC1(F)C(O)=C(COP(=O)(O)OP(=O)(O)OP(=O)(O)O)O[C@H]1n1cnc2c(N)nc(N)nc21. The molecule has 0 saturated carbocycles. The third-order valence-electron chi connectivity index (χ3n) is 3.94. The number of alkyl halides is 1. The Morgan fingerprint density at radius 3 is 2.42 bits per heavy atom. The van der Waals surface area contributed by atoms with Crippen molar-refractivity contribution in [2.24, 2.45) is 0 Å². The molecule has 3 unspecified atom stereocenters. The molecule has 3 rings (SSSR count). The molecule has 0 spiro atoms. The summed E-state index contributed by atoms with van der Waals surface area (Å²) in [5.41, 5.74) is 8.48. The molecule has 0 fully saturated rings. The summed E-state index contributed by atoms with van der Waals surface area (Å²) < 4.78 is 66.8. The number of phosphoric ester groups is 1. The maximum absolute atomic E-state index is 15.3. The van der Waals surface area contributed by atoms with E-state index in [-0.39, 0.29) is 22.9 Å². The maximum atomic E-state index is 15.3. The molecule has 0 bridgehead atoms. The number of nitrogen functional groups attached to an aromatic ring is 2. The van der Waals surface area contributed by atoms with Gasteiger partial charge in [0.2, 0.25) is 17.8 Å². The fraction of sp³-hybridized carbons (Fsp3) is 0.364. The van der Waals surface area contributed by atoms with Gasteiger partial charge in [0.25, 0.3) is 0 Å². The van der Waals surface area contributed by atoms with Gasteiger partial charge in [-0.1, -0.05) is 0 Å². The van der Waals surface area contributed by atoms with Crippen LogP contribution in [0.1, 0.15) is 13.2 Å². The fourth-order valence-electron chi connectivity index (χ4n) is 2.68. The molecular formula is C11H16FN6O12P3. The Labute approximate surface area is 182 Å². The van der Waals surface area contributed by atoms with Crippen LogP contribution in [0.15, 0.2) is 17.8 Å². The standard InChI is InChI=1S/C11H16FN6O12P3/c1-11(12)6(19)4(2-27-32(23,24)30-33(25,26)29-31(20,21)22)28-9(11)18-3-15-5-7(13)16-10(14)17-8(5)18/h3,9,19H,2H2,1H3,(H,23,24)(H,25,26)(H2,20,21,22)(H4,13,14,16,17)/t9-,11?/m1/s1. The van der Waals surface area contributed by atoms with Crippen LogP contribution in [0.25, 0.3) is 11.2 Å². The highest BCUT2D eigenvalue weighted by molar-refractivity contribution is 7.66. The van der Waals surface area contributed by atoms with Gasteiger partial charge in [-0.15, -0.1) is 0 Å². The highest BCUT2D eigenvalue weighted by atomic mass is 31.3. The van der Waals surface area contributed by atoms with Crippen LogP contribution in [-0.2, 0) is 31.6 Å². The van der Waals surface area contributed by atoms with Crippen molar-refractivity contribution in [3.8, 4) is 0 Å². The molecule has 0 aromatic carbocycles. The smallest absolute Gasteiger partial charge is 0.490 e. The molecule has 0 saturated heterocycles. The lowest BCUT2D eigenvalue weighted by Gasteiger charge is -2.23. The number of aliphatic hydroxyl groups excluding tert-OH is 1. The Bertz CT molecular complexity index is 1280. The number of aliphatic hydroxyl groups is 1. The van der Waals surface area contributed by atoms with Crippen molar-refractivity contribution < 1.29 is 60.6 Å². The highest BCUT2D eigenvalue weighted by Crippen LogP contribution is 2.66. The van der Waals surface area contributed by atoms with Crippen molar-refractivity contribution in [2.45, 2.75) is 18.8 Å². The van der Waals surface area contributed by atoms with Gasteiger partial charge >= 0.3 is 23.5 Å². The largest absolute Gasteiger partial charge is 0.506 e. The van der Waals surface area contributed by atoms with Crippen molar-refractivity contribution in [3.63, 3.8) is 0 Å². The Hall–Kier alpha value is -2.17. The number of phosphoric acid groups is 3. The molecule has 1 aliphatic heterocycles. The normalized spacial score (nSPS) is 25.1. The van der Waals surface area contributed by atoms with Crippen LogP contribution in [0.2, 0.25) is 0 Å². The summed E-state index contributed by atoms with van der Waals surface area (Å²) >= 11 is 0. The number of imidazole rings is 1. The molecule has 33 heavy (non-hydrogen) atoms. The number of ether oxygens (including phenoxy) is 1. The van der Waals surface area contributed by atoms with Gasteiger partial charge in [-0.05, 0) is 6.92 Å². The van der Waals surface area contributed by atoms with Gasteiger partial charge in [-0.3, -0.25) is 9.09 Å². The Morgan fingerprint density at radius 1 is 1.18 bits per heavy atom. The third-order valence-corrected chi connectivity index (χ3v) is 7.72. The molecule has 0 amide bonds.